The molecule has 1 heterocycles. The van der Waals surface area contributed by atoms with Crippen LogP contribution in [0.3, 0.4) is 0 Å². The molecule has 1 fully saturated rings. The minimum absolute atomic E-state index is 0. The van der Waals surface area contributed by atoms with Crippen molar-refractivity contribution in [3.8, 4) is 5.75 Å². The highest BCUT2D eigenvalue weighted by Crippen LogP contribution is 2.14. The minimum atomic E-state index is -0.297. The van der Waals surface area contributed by atoms with E-state index in [0.29, 0.717) is 31.4 Å². The molecule has 1 aliphatic rings. The quantitative estimate of drug-likeness (QED) is 0.208. The summed E-state index contributed by atoms with van der Waals surface area (Å²) in [6.45, 7) is 7.80. The lowest BCUT2D eigenvalue weighted by Gasteiger charge is -2.21. The lowest BCUT2D eigenvalue weighted by Crippen LogP contribution is -2.39. The molecule has 2 rings (SSSR count). The molecule has 8 heteroatoms. The number of halogens is 2. The van der Waals surface area contributed by atoms with Gasteiger partial charge in [0.25, 0.3) is 0 Å². The average Bonchev–Trinajstić information content (AvgIpc) is 2.68. The van der Waals surface area contributed by atoms with Gasteiger partial charge < -0.3 is 24.8 Å². The zero-order valence-electron chi connectivity index (χ0n) is 16.6. The predicted octanol–water partition coefficient (Wildman–Crippen LogP) is 3.21. The van der Waals surface area contributed by atoms with E-state index in [0.717, 1.165) is 58.2 Å². The average molecular weight is 509 g/mol. The molecule has 0 radical (unpaired) electrons. The van der Waals surface area contributed by atoms with Crippen LogP contribution in [0.1, 0.15) is 26.2 Å². The third-order valence-electron chi connectivity index (χ3n) is 4.21. The van der Waals surface area contributed by atoms with Crippen LogP contribution >= 0.6 is 24.0 Å². The third-order valence-corrected chi connectivity index (χ3v) is 4.21. The highest BCUT2D eigenvalue weighted by atomic mass is 127. The van der Waals surface area contributed by atoms with Crippen LogP contribution in [0.5, 0.6) is 5.75 Å². The Hall–Kier alpha value is -1.13. The van der Waals surface area contributed by atoms with E-state index in [4.69, 9.17) is 14.2 Å². The molecule has 1 aliphatic heterocycles. The first kappa shape index (κ1) is 24.9. The summed E-state index contributed by atoms with van der Waals surface area (Å²) in [4.78, 5) is 4.54. The van der Waals surface area contributed by atoms with E-state index >= 15 is 0 Å². The molecule has 6 nitrogen and oxygen atoms in total. The third kappa shape index (κ3) is 11.0. The first-order valence-corrected chi connectivity index (χ1v) is 9.84. The standard InChI is InChI=1S/C20H32FN3O3.HI/c1-2-22-20(24-10-14-27-19-6-3-5-18(21)15-19)23-9-4-11-26-16-17-7-12-25-13-8-17;/h3,5-6,15,17H,2,4,7-14,16H2,1H3,(H2,22,23,24);1H. The minimum Gasteiger partial charge on any atom is -0.492 e. The molecule has 0 saturated carbocycles. The Morgan fingerprint density at radius 3 is 2.82 bits per heavy atom. The van der Waals surface area contributed by atoms with Crippen LogP contribution in [0.2, 0.25) is 0 Å². The topological polar surface area (TPSA) is 64.1 Å². The van der Waals surface area contributed by atoms with E-state index in [2.05, 4.69) is 15.6 Å². The van der Waals surface area contributed by atoms with E-state index in [9.17, 15) is 4.39 Å². The highest BCUT2D eigenvalue weighted by Gasteiger charge is 2.13. The van der Waals surface area contributed by atoms with Gasteiger partial charge in [-0.1, -0.05) is 6.07 Å². The predicted molar refractivity (Wildman–Crippen MR) is 120 cm³/mol. The van der Waals surface area contributed by atoms with Crippen molar-refractivity contribution in [1.82, 2.24) is 10.6 Å². The number of guanidine groups is 1. The molecular weight excluding hydrogens is 476 g/mol. The smallest absolute Gasteiger partial charge is 0.191 e. The van der Waals surface area contributed by atoms with Crippen LogP contribution in [0.25, 0.3) is 0 Å². The van der Waals surface area contributed by atoms with Gasteiger partial charge in [0.05, 0.1) is 6.54 Å². The van der Waals surface area contributed by atoms with Crippen LogP contribution in [0, 0.1) is 11.7 Å². The normalized spacial score (nSPS) is 15.0. The molecule has 160 valence electrons. The number of ether oxygens (including phenoxy) is 3. The molecule has 0 spiro atoms. The van der Waals surface area contributed by atoms with E-state index in [1.165, 1.54) is 12.1 Å². The molecule has 0 unspecified atom stereocenters. The number of nitrogens with one attached hydrogen (secondary N) is 2. The summed E-state index contributed by atoms with van der Waals surface area (Å²) in [6, 6.07) is 6.14. The molecule has 1 saturated heterocycles. The molecule has 0 aliphatic carbocycles. The van der Waals surface area contributed by atoms with Crippen molar-refractivity contribution in [3.63, 3.8) is 0 Å². The fourth-order valence-corrected chi connectivity index (χ4v) is 2.76. The van der Waals surface area contributed by atoms with Gasteiger partial charge in [-0.3, -0.25) is 4.99 Å². The number of rotatable bonds is 11. The van der Waals surface area contributed by atoms with E-state index in [1.807, 2.05) is 6.92 Å². The first-order valence-electron chi connectivity index (χ1n) is 9.84. The lowest BCUT2D eigenvalue weighted by molar-refractivity contribution is 0.0205. The van der Waals surface area contributed by atoms with Crippen LogP contribution in [0.4, 0.5) is 4.39 Å². The van der Waals surface area contributed by atoms with Gasteiger partial charge >= 0.3 is 0 Å². The summed E-state index contributed by atoms with van der Waals surface area (Å²) in [6.07, 6.45) is 3.09. The van der Waals surface area contributed by atoms with Crippen molar-refractivity contribution in [3.05, 3.63) is 30.1 Å². The maximum Gasteiger partial charge on any atom is 0.191 e. The van der Waals surface area contributed by atoms with Crippen LogP contribution in [-0.2, 0) is 9.47 Å². The molecule has 0 amide bonds. The number of hydrogen-bond donors (Lipinski definition) is 2. The Morgan fingerprint density at radius 2 is 2.07 bits per heavy atom. The van der Waals surface area contributed by atoms with Gasteiger partial charge in [-0.25, -0.2) is 4.39 Å². The molecule has 28 heavy (non-hydrogen) atoms. The van der Waals surface area contributed by atoms with Crippen LogP contribution in [-0.4, -0.2) is 58.6 Å². The number of hydrogen-bond acceptors (Lipinski definition) is 4. The maximum absolute atomic E-state index is 13.1. The summed E-state index contributed by atoms with van der Waals surface area (Å²) in [5.41, 5.74) is 0. The van der Waals surface area contributed by atoms with Gasteiger partial charge in [0.2, 0.25) is 0 Å². The van der Waals surface area contributed by atoms with Crippen molar-refractivity contribution in [2.45, 2.75) is 26.2 Å². The highest BCUT2D eigenvalue weighted by molar-refractivity contribution is 14.0. The second-order valence-electron chi connectivity index (χ2n) is 6.48. The second kappa shape index (κ2) is 15.8. The zero-order valence-corrected chi connectivity index (χ0v) is 19.0. The fourth-order valence-electron chi connectivity index (χ4n) is 2.76. The molecule has 0 atom stereocenters. The lowest BCUT2D eigenvalue weighted by atomic mass is 10.0. The SMILES string of the molecule is CCNC(=NCCCOCC1CCOCC1)NCCOc1cccc(F)c1.I. The van der Waals surface area contributed by atoms with Gasteiger partial charge in [0, 0.05) is 45.6 Å². The van der Waals surface area contributed by atoms with Crippen molar-refractivity contribution >= 4 is 29.9 Å². The van der Waals surface area contributed by atoms with Gasteiger partial charge in [0.1, 0.15) is 18.2 Å². The summed E-state index contributed by atoms with van der Waals surface area (Å²) in [5, 5.41) is 6.42. The Labute approximate surface area is 184 Å². The van der Waals surface area contributed by atoms with Gasteiger partial charge in [-0.05, 0) is 44.2 Å². The Morgan fingerprint density at radius 1 is 1.25 bits per heavy atom. The summed E-state index contributed by atoms with van der Waals surface area (Å²) in [5.74, 6) is 1.62. The Bertz CT molecular complexity index is 557. The largest absolute Gasteiger partial charge is 0.492 e. The van der Waals surface area contributed by atoms with Crippen molar-refractivity contribution in [2.24, 2.45) is 10.9 Å². The van der Waals surface area contributed by atoms with Gasteiger partial charge in [-0.2, -0.15) is 0 Å². The van der Waals surface area contributed by atoms with Gasteiger partial charge in [-0.15, -0.1) is 24.0 Å². The zero-order chi connectivity index (χ0) is 19.2. The second-order valence-corrected chi connectivity index (χ2v) is 6.48. The summed E-state index contributed by atoms with van der Waals surface area (Å²) >= 11 is 0. The number of nitrogens with zero attached hydrogens (tertiary/aromatic N) is 1. The molecule has 1 aromatic carbocycles. The van der Waals surface area contributed by atoms with Gasteiger partial charge in [0.15, 0.2) is 5.96 Å². The maximum atomic E-state index is 13.1. The Kier molecular flexibility index (Phi) is 14.0. The van der Waals surface area contributed by atoms with Crippen molar-refractivity contribution < 1.29 is 18.6 Å². The van der Waals surface area contributed by atoms with Crippen LogP contribution < -0.4 is 15.4 Å². The molecular formula is C20H33FIN3O3. The molecule has 1 aromatic rings. The van der Waals surface area contributed by atoms with Crippen LogP contribution in [0.15, 0.2) is 29.3 Å². The molecule has 2 N–H and O–H groups in total. The summed E-state index contributed by atoms with van der Waals surface area (Å²) < 4.78 is 29.7. The van der Waals surface area contributed by atoms with E-state index in [1.54, 1.807) is 12.1 Å². The number of benzene rings is 1. The molecule has 0 aromatic heterocycles. The van der Waals surface area contributed by atoms with Crippen molar-refractivity contribution in [2.75, 3.05) is 52.7 Å². The molecule has 0 bridgehead atoms. The number of aliphatic imine (C=N–C) groups is 1. The monoisotopic (exact) mass is 509 g/mol. The van der Waals surface area contributed by atoms with Crippen molar-refractivity contribution in [1.29, 1.82) is 0 Å². The van der Waals surface area contributed by atoms with E-state index < -0.39 is 0 Å². The first-order chi connectivity index (χ1) is 13.3. The fraction of sp³-hybridized carbons (Fsp3) is 0.650. The Balaban J connectivity index is 0.00000392. The van der Waals surface area contributed by atoms with E-state index in [-0.39, 0.29) is 29.8 Å². The summed E-state index contributed by atoms with van der Waals surface area (Å²) in [7, 11) is 0.